The molecule has 6 nitrogen and oxygen atoms in total. The van der Waals surface area contributed by atoms with Gasteiger partial charge in [-0.15, -0.1) is 0 Å². The van der Waals surface area contributed by atoms with Crippen LogP contribution in [0, 0.1) is 0 Å². The topological polar surface area (TPSA) is 73.2 Å². The minimum atomic E-state index is -0.135. The van der Waals surface area contributed by atoms with Crippen molar-refractivity contribution in [2.24, 2.45) is 0 Å². The number of nitrogens with one attached hydrogen (secondary N) is 1. The molecule has 146 valence electrons. The molecule has 28 heavy (non-hydrogen) atoms. The summed E-state index contributed by atoms with van der Waals surface area (Å²) in [6.07, 6.45) is 0. The van der Waals surface area contributed by atoms with E-state index >= 15 is 0 Å². The number of carbonyl (C=O) groups excluding carboxylic acids is 1. The van der Waals surface area contributed by atoms with E-state index in [9.17, 15) is 9.59 Å². The van der Waals surface area contributed by atoms with Crippen LogP contribution in [0.4, 0.5) is 0 Å². The van der Waals surface area contributed by atoms with Crippen LogP contribution in [-0.4, -0.2) is 28.3 Å². The zero-order chi connectivity index (χ0) is 20.1. The lowest BCUT2D eigenvalue weighted by Gasteiger charge is -2.12. The number of methoxy groups -OCH3 is 1. The van der Waals surface area contributed by atoms with Gasteiger partial charge in [0.25, 0.3) is 5.56 Å². The van der Waals surface area contributed by atoms with Gasteiger partial charge in [0.05, 0.1) is 23.8 Å². The number of ether oxygens (including phenoxy) is 1. The average molecular weight is 462 g/mol. The third-order valence-corrected chi connectivity index (χ3v) is 5.67. The second kappa shape index (κ2) is 9.25. The Kier molecular flexibility index (Phi) is 6.74. The molecule has 2 aromatic carbocycles. The van der Waals surface area contributed by atoms with Gasteiger partial charge in [-0.05, 0) is 31.2 Å². The van der Waals surface area contributed by atoms with Gasteiger partial charge in [-0.2, -0.15) is 0 Å². The Labute approximate surface area is 175 Å². The minimum absolute atomic E-state index is 0.106. The number of halogens is 1. The van der Waals surface area contributed by atoms with Crippen molar-refractivity contribution >= 4 is 44.5 Å². The van der Waals surface area contributed by atoms with Crippen LogP contribution in [0.5, 0.6) is 5.75 Å². The molecule has 0 fully saturated rings. The standard InChI is InChI=1S/C20H20BrN3O3S/c1-3-24-19(26)15-10-14(21)8-9-16(15)23-20(24)28-12-18(25)22-11-13-6-4-5-7-17(13)27-2/h4-10H,3,11-12H2,1-2H3,(H,22,25). The fraction of sp³-hybridized carbons (Fsp3) is 0.250. The Bertz CT molecular complexity index is 1070. The minimum Gasteiger partial charge on any atom is -0.496 e. The second-order valence-electron chi connectivity index (χ2n) is 5.98. The number of hydrogen-bond donors (Lipinski definition) is 1. The van der Waals surface area contributed by atoms with E-state index in [0.717, 1.165) is 15.8 Å². The number of benzene rings is 2. The molecule has 1 N–H and O–H groups in total. The molecule has 0 saturated heterocycles. The molecule has 0 radical (unpaired) electrons. The lowest BCUT2D eigenvalue weighted by molar-refractivity contribution is -0.118. The Hall–Kier alpha value is -2.32. The van der Waals surface area contributed by atoms with E-state index in [1.807, 2.05) is 37.3 Å². The molecule has 1 amide bonds. The van der Waals surface area contributed by atoms with E-state index in [4.69, 9.17) is 4.74 Å². The summed E-state index contributed by atoms with van der Waals surface area (Å²) in [4.78, 5) is 29.6. The number of amides is 1. The quantitative estimate of drug-likeness (QED) is 0.429. The Morgan fingerprint density at radius 3 is 2.82 bits per heavy atom. The van der Waals surface area contributed by atoms with Crippen molar-refractivity contribution in [2.45, 2.75) is 25.2 Å². The molecule has 3 aromatic rings. The molecular weight excluding hydrogens is 442 g/mol. The fourth-order valence-electron chi connectivity index (χ4n) is 2.79. The maximum absolute atomic E-state index is 12.7. The Morgan fingerprint density at radius 2 is 2.07 bits per heavy atom. The normalized spacial score (nSPS) is 10.8. The predicted octanol–water partition coefficient (Wildman–Crippen LogP) is 3.60. The Balaban J connectivity index is 1.71. The summed E-state index contributed by atoms with van der Waals surface area (Å²) in [6, 6.07) is 13.0. The van der Waals surface area contributed by atoms with Crippen molar-refractivity contribution in [1.29, 1.82) is 0 Å². The molecule has 0 bridgehead atoms. The van der Waals surface area contributed by atoms with E-state index in [2.05, 4.69) is 26.2 Å². The maximum atomic E-state index is 12.7. The first kappa shape index (κ1) is 20.4. The van der Waals surface area contributed by atoms with Crippen LogP contribution in [0.2, 0.25) is 0 Å². The average Bonchev–Trinajstić information content (AvgIpc) is 2.71. The van der Waals surface area contributed by atoms with Gasteiger partial charge in [-0.25, -0.2) is 4.98 Å². The van der Waals surface area contributed by atoms with E-state index < -0.39 is 0 Å². The number of aromatic nitrogens is 2. The highest BCUT2D eigenvalue weighted by molar-refractivity contribution is 9.10. The van der Waals surface area contributed by atoms with Crippen LogP contribution in [0.1, 0.15) is 12.5 Å². The molecule has 0 saturated carbocycles. The first-order valence-electron chi connectivity index (χ1n) is 8.75. The lowest BCUT2D eigenvalue weighted by Crippen LogP contribution is -2.26. The van der Waals surface area contributed by atoms with Crippen LogP contribution in [0.15, 0.2) is 56.9 Å². The van der Waals surface area contributed by atoms with E-state index in [0.29, 0.717) is 29.1 Å². The zero-order valence-electron chi connectivity index (χ0n) is 15.6. The summed E-state index contributed by atoms with van der Waals surface area (Å²) >= 11 is 4.64. The summed E-state index contributed by atoms with van der Waals surface area (Å²) < 4.78 is 7.71. The van der Waals surface area contributed by atoms with Gasteiger partial charge in [0.2, 0.25) is 5.91 Å². The number of carbonyl (C=O) groups is 1. The zero-order valence-corrected chi connectivity index (χ0v) is 18.0. The van der Waals surface area contributed by atoms with Gasteiger partial charge in [0.15, 0.2) is 5.16 Å². The van der Waals surface area contributed by atoms with Crippen LogP contribution in [0.25, 0.3) is 10.9 Å². The van der Waals surface area contributed by atoms with Gasteiger partial charge in [0, 0.05) is 23.1 Å². The number of fused-ring (bicyclic) bond motifs is 1. The van der Waals surface area contributed by atoms with Crippen LogP contribution >= 0.6 is 27.7 Å². The first-order valence-corrected chi connectivity index (χ1v) is 10.5. The SMILES string of the molecule is CCn1c(SCC(=O)NCc2ccccc2OC)nc2ccc(Br)cc2c1=O. The van der Waals surface area contributed by atoms with Gasteiger partial charge in [-0.1, -0.05) is 45.9 Å². The number of hydrogen-bond acceptors (Lipinski definition) is 5. The molecule has 0 atom stereocenters. The van der Waals surface area contributed by atoms with Crippen molar-refractivity contribution in [2.75, 3.05) is 12.9 Å². The number of rotatable bonds is 7. The second-order valence-corrected chi connectivity index (χ2v) is 7.84. The lowest BCUT2D eigenvalue weighted by atomic mass is 10.2. The van der Waals surface area contributed by atoms with Crippen LogP contribution < -0.4 is 15.6 Å². The molecule has 0 aliphatic carbocycles. The third-order valence-electron chi connectivity index (χ3n) is 4.20. The first-order chi connectivity index (χ1) is 13.5. The summed E-state index contributed by atoms with van der Waals surface area (Å²) in [5.74, 6) is 0.769. The van der Waals surface area contributed by atoms with E-state index in [1.165, 1.54) is 11.8 Å². The van der Waals surface area contributed by atoms with Gasteiger partial charge in [0.1, 0.15) is 5.75 Å². The predicted molar refractivity (Wildman–Crippen MR) is 115 cm³/mol. The third kappa shape index (κ3) is 4.56. The number of thioether (sulfide) groups is 1. The summed E-state index contributed by atoms with van der Waals surface area (Å²) in [7, 11) is 1.60. The molecule has 0 aliphatic heterocycles. The van der Waals surface area contributed by atoms with Crippen molar-refractivity contribution < 1.29 is 9.53 Å². The van der Waals surface area contributed by atoms with Gasteiger partial charge >= 0.3 is 0 Å². The molecule has 3 rings (SSSR count). The van der Waals surface area contributed by atoms with E-state index in [1.54, 1.807) is 23.8 Å². The number of nitrogens with zero attached hydrogens (tertiary/aromatic N) is 2. The molecule has 1 heterocycles. The molecule has 1 aromatic heterocycles. The monoisotopic (exact) mass is 461 g/mol. The largest absolute Gasteiger partial charge is 0.496 e. The van der Waals surface area contributed by atoms with Crippen LogP contribution in [-0.2, 0) is 17.9 Å². The highest BCUT2D eigenvalue weighted by Crippen LogP contribution is 2.21. The van der Waals surface area contributed by atoms with Crippen molar-refractivity contribution in [3.05, 3.63) is 62.9 Å². The fourth-order valence-corrected chi connectivity index (χ4v) is 4.04. The Morgan fingerprint density at radius 1 is 1.29 bits per heavy atom. The number of para-hydroxylation sites is 1. The molecular formula is C20H20BrN3O3S. The molecule has 0 spiro atoms. The summed E-state index contributed by atoms with van der Waals surface area (Å²) in [5, 5.41) is 3.97. The molecule has 8 heteroatoms. The van der Waals surface area contributed by atoms with Crippen molar-refractivity contribution in [3.8, 4) is 5.75 Å². The maximum Gasteiger partial charge on any atom is 0.262 e. The highest BCUT2D eigenvalue weighted by atomic mass is 79.9. The summed E-state index contributed by atoms with van der Waals surface area (Å²) in [5.41, 5.74) is 1.42. The van der Waals surface area contributed by atoms with Crippen LogP contribution in [0.3, 0.4) is 0 Å². The smallest absolute Gasteiger partial charge is 0.262 e. The van der Waals surface area contributed by atoms with Gasteiger partial charge < -0.3 is 10.1 Å². The molecule has 0 unspecified atom stereocenters. The van der Waals surface area contributed by atoms with Crippen molar-refractivity contribution in [3.63, 3.8) is 0 Å². The highest BCUT2D eigenvalue weighted by Gasteiger charge is 2.13. The summed E-state index contributed by atoms with van der Waals surface area (Å²) in [6.45, 7) is 2.75. The van der Waals surface area contributed by atoms with Crippen molar-refractivity contribution in [1.82, 2.24) is 14.9 Å². The molecule has 0 aliphatic rings. The van der Waals surface area contributed by atoms with Gasteiger partial charge in [-0.3, -0.25) is 14.2 Å². The van der Waals surface area contributed by atoms with E-state index in [-0.39, 0.29) is 17.2 Å².